The van der Waals surface area contributed by atoms with Gasteiger partial charge in [0.1, 0.15) is 0 Å². The van der Waals surface area contributed by atoms with E-state index in [1.807, 2.05) is 6.92 Å². The minimum Gasteiger partial charge on any atom is -0.466 e. The Morgan fingerprint density at radius 3 is 2.78 bits per heavy atom. The van der Waals surface area contributed by atoms with E-state index in [4.69, 9.17) is 9.47 Å². The third kappa shape index (κ3) is 3.69. The fraction of sp³-hybridized carbons (Fsp3) is 0.929. The average molecular weight is 258 g/mol. The Morgan fingerprint density at radius 2 is 2.22 bits per heavy atom. The molecule has 0 aromatic carbocycles. The number of esters is 1. The number of carbonyl (C=O) groups is 1. The SMILES string of the molecule is CCCC(C(=O)OCC)C1(O)CCCC(OC)C1. The van der Waals surface area contributed by atoms with Crippen LogP contribution in [0.1, 0.15) is 52.4 Å². The molecule has 0 aliphatic heterocycles. The van der Waals surface area contributed by atoms with E-state index in [1.54, 1.807) is 14.0 Å². The van der Waals surface area contributed by atoms with Crippen LogP contribution in [-0.4, -0.2) is 36.5 Å². The van der Waals surface area contributed by atoms with E-state index in [0.717, 1.165) is 19.3 Å². The molecule has 1 saturated carbocycles. The third-order valence-corrected chi connectivity index (χ3v) is 3.85. The molecule has 1 N–H and O–H groups in total. The quantitative estimate of drug-likeness (QED) is 0.743. The topological polar surface area (TPSA) is 55.8 Å². The Balaban J connectivity index is 2.78. The van der Waals surface area contributed by atoms with Crippen LogP contribution in [0.15, 0.2) is 0 Å². The summed E-state index contributed by atoms with van der Waals surface area (Å²) in [5.41, 5.74) is -0.957. The lowest BCUT2D eigenvalue weighted by Crippen LogP contribution is -2.48. The fourth-order valence-corrected chi connectivity index (χ4v) is 2.89. The number of aliphatic hydroxyl groups is 1. The minimum absolute atomic E-state index is 0.0533. The number of methoxy groups -OCH3 is 1. The number of hydrogen-bond donors (Lipinski definition) is 1. The smallest absolute Gasteiger partial charge is 0.311 e. The van der Waals surface area contributed by atoms with E-state index < -0.39 is 11.5 Å². The van der Waals surface area contributed by atoms with E-state index in [1.165, 1.54) is 0 Å². The van der Waals surface area contributed by atoms with E-state index >= 15 is 0 Å². The highest BCUT2D eigenvalue weighted by Crippen LogP contribution is 2.38. The second-order valence-electron chi connectivity index (χ2n) is 5.15. The molecule has 0 heterocycles. The maximum Gasteiger partial charge on any atom is 0.311 e. The van der Waals surface area contributed by atoms with E-state index in [2.05, 4.69) is 0 Å². The molecule has 0 aromatic rings. The number of hydrogen-bond acceptors (Lipinski definition) is 4. The van der Waals surface area contributed by atoms with Gasteiger partial charge >= 0.3 is 5.97 Å². The Morgan fingerprint density at radius 1 is 1.50 bits per heavy atom. The fourth-order valence-electron chi connectivity index (χ4n) is 2.89. The summed E-state index contributed by atoms with van der Waals surface area (Å²) in [7, 11) is 1.66. The summed E-state index contributed by atoms with van der Waals surface area (Å²) in [6.45, 7) is 4.18. The Hall–Kier alpha value is -0.610. The highest BCUT2D eigenvalue weighted by atomic mass is 16.5. The third-order valence-electron chi connectivity index (χ3n) is 3.85. The van der Waals surface area contributed by atoms with Gasteiger partial charge in [-0.1, -0.05) is 13.3 Å². The zero-order valence-electron chi connectivity index (χ0n) is 11.8. The summed E-state index contributed by atoms with van der Waals surface area (Å²) in [5, 5.41) is 10.8. The Bertz CT molecular complexity index is 267. The molecule has 1 fully saturated rings. The van der Waals surface area contributed by atoms with Crippen molar-refractivity contribution in [2.24, 2.45) is 5.92 Å². The van der Waals surface area contributed by atoms with Crippen LogP contribution in [0, 0.1) is 5.92 Å². The van der Waals surface area contributed by atoms with Gasteiger partial charge in [-0.3, -0.25) is 4.79 Å². The summed E-state index contributed by atoms with van der Waals surface area (Å²) < 4.78 is 10.4. The Labute approximate surface area is 110 Å². The monoisotopic (exact) mass is 258 g/mol. The normalized spacial score (nSPS) is 29.9. The lowest BCUT2D eigenvalue weighted by molar-refractivity contribution is -0.165. The standard InChI is InChI=1S/C14H26O4/c1-4-7-12(13(15)18-5-2)14(16)9-6-8-11(10-14)17-3/h11-12,16H,4-10H2,1-3H3. The number of carbonyl (C=O) groups excluding carboxylic acids is 1. The molecule has 0 aromatic heterocycles. The molecule has 0 amide bonds. The number of rotatable bonds is 6. The van der Waals surface area contributed by atoms with E-state index in [9.17, 15) is 9.90 Å². The van der Waals surface area contributed by atoms with Gasteiger partial charge in [-0.15, -0.1) is 0 Å². The number of ether oxygens (including phenoxy) is 2. The van der Waals surface area contributed by atoms with Gasteiger partial charge in [-0.25, -0.2) is 0 Å². The molecule has 1 rings (SSSR count). The molecule has 0 radical (unpaired) electrons. The zero-order valence-corrected chi connectivity index (χ0v) is 11.8. The summed E-state index contributed by atoms with van der Waals surface area (Å²) in [6, 6.07) is 0. The molecule has 3 unspecified atom stereocenters. The largest absolute Gasteiger partial charge is 0.466 e. The van der Waals surface area contributed by atoms with Crippen molar-refractivity contribution in [3.05, 3.63) is 0 Å². The van der Waals surface area contributed by atoms with Crippen molar-refractivity contribution in [1.29, 1.82) is 0 Å². The van der Waals surface area contributed by atoms with Crippen molar-refractivity contribution in [1.82, 2.24) is 0 Å². The van der Waals surface area contributed by atoms with Crippen LogP contribution in [0.3, 0.4) is 0 Å². The first kappa shape index (κ1) is 15.4. The molecule has 106 valence electrons. The van der Waals surface area contributed by atoms with Crippen LogP contribution in [0.4, 0.5) is 0 Å². The van der Waals surface area contributed by atoms with Crippen molar-refractivity contribution in [3.8, 4) is 0 Å². The van der Waals surface area contributed by atoms with Crippen LogP contribution in [0.25, 0.3) is 0 Å². The molecule has 4 heteroatoms. The first-order chi connectivity index (χ1) is 8.57. The van der Waals surface area contributed by atoms with Gasteiger partial charge in [-0.2, -0.15) is 0 Å². The van der Waals surface area contributed by atoms with Gasteiger partial charge in [0.15, 0.2) is 0 Å². The predicted octanol–water partition coefficient (Wildman–Crippen LogP) is 2.29. The van der Waals surface area contributed by atoms with Crippen molar-refractivity contribution < 1.29 is 19.4 Å². The Kier molecular flexibility index (Phi) is 6.09. The van der Waals surface area contributed by atoms with Gasteiger partial charge < -0.3 is 14.6 Å². The average Bonchev–Trinajstić information content (AvgIpc) is 2.36. The molecule has 0 spiro atoms. The van der Waals surface area contributed by atoms with Gasteiger partial charge in [0.2, 0.25) is 0 Å². The predicted molar refractivity (Wildman–Crippen MR) is 69.2 cm³/mol. The molecule has 1 aliphatic carbocycles. The molecule has 4 nitrogen and oxygen atoms in total. The highest BCUT2D eigenvalue weighted by Gasteiger charge is 2.45. The van der Waals surface area contributed by atoms with Crippen molar-refractivity contribution >= 4 is 5.97 Å². The maximum absolute atomic E-state index is 12.0. The zero-order chi connectivity index (χ0) is 13.6. The van der Waals surface area contributed by atoms with Crippen LogP contribution in [0.2, 0.25) is 0 Å². The minimum atomic E-state index is -0.957. The first-order valence-electron chi connectivity index (χ1n) is 6.99. The molecular formula is C14H26O4. The lowest BCUT2D eigenvalue weighted by Gasteiger charge is -2.40. The van der Waals surface area contributed by atoms with Gasteiger partial charge in [-0.05, 0) is 32.6 Å². The van der Waals surface area contributed by atoms with Crippen molar-refractivity contribution in [3.63, 3.8) is 0 Å². The van der Waals surface area contributed by atoms with Crippen LogP contribution in [0.5, 0.6) is 0 Å². The van der Waals surface area contributed by atoms with Gasteiger partial charge in [0.05, 0.1) is 24.2 Å². The van der Waals surface area contributed by atoms with Gasteiger partial charge in [0, 0.05) is 13.5 Å². The lowest BCUT2D eigenvalue weighted by atomic mass is 9.73. The summed E-state index contributed by atoms with van der Waals surface area (Å²) in [6.07, 6.45) is 4.64. The first-order valence-corrected chi connectivity index (χ1v) is 6.99. The molecule has 3 atom stereocenters. The molecular weight excluding hydrogens is 232 g/mol. The van der Waals surface area contributed by atoms with Gasteiger partial charge in [0.25, 0.3) is 0 Å². The van der Waals surface area contributed by atoms with Crippen LogP contribution >= 0.6 is 0 Å². The van der Waals surface area contributed by atoms with Crippen molar-refractivity contribution in [2.45, 2.75) is 64.1 Å². The summed E-state index contributed by atoms with van der Waals surface area (Å²) in [5.74, 6) is -0.681. The molecule has 18 heavy (non-hydrogen) atoms. The molecule has 0 saturated heterocycles. The molecule has 0 bridgehead atoms. The summed E-state index contributed by atoms with van der Waals surface area (Å²) in [4.78, 5) is 12.0. The van der Waals surface area contributed by atoms with E-state index in [0.29, 0.717) is 25.9 Å². The van der Waals surface area contributed by atoms with E-state index in [-0.39, 0.29) is 12.1 Å². The second-order valence-corrected chi connectivity index (χ2v) is 5.15. The van der Waals surface area contributed by atoms with Crippen LogP contribution in [-0.2, 0) is 14.3 Å². The summed E-state index contributed by atoms with van der Waals surface area (Å²) >= 11 is 0. The van der Waals surface area contributed by atoms with Crippen molar-refractivity contribution in [2.75, 3.05) is 13.7 Å². The second kappa shape index (κ2) is 7.10. The molecule has 1 aliphatic rings. The maximum atomic E-state index is 12.0. The van der Waals surface area contributed by atoms with Crippen LogP contribution < -0.4 is 0 Å². The highest BCUT2D eigenvalue weighted by molar-refractivity contribution is 5.73.